The molecule has 0 aromatic carbocycles. The monoisotopic (exact) mass is 240 g/mol. The van der Waals surface area contributed by atoms with Crippen LogP contribution in [0.15, 0.2) is 35.5 Å². The third-order valence-electron chi connectivity index (χ3n) is 1.66. The second-order valence-corrected chi connectivity index (χ2v) is 3.00. The van der Waals surface area contributed by atoms with Crippen LogP contribution in [0.25, 0.3) is 0 Å². The normalized spacial score (nSPS) is 12.5. The van der Waals surface area contributed by atoms with Crippen LogP contribution < -0.4 is 0 Å². The first-order valence-electron chi connectivity index (χ1n) is 5.12. The van der Waals surface area contributed by atoms with E-state index in [1.165, 1.54) is 19.1 Å². The Kier molecular flexibility index (Phi) is 9.46. The minimum atomic E-state index is -0.981. The molecule has 94 valence electrons. The average Bonchev–Trinajstić information content (AvgIpc) is 3.05. The molecular formula is C12H16O5. The molecule has 0 bridgehead atoms. The molecule has 1 N–H and O–H groups in total. The summed E-state index contributed by atoms with van der Waals surface area (Å²) < 4.78 is 9.56. The Morgan fingerprint density at radius 1 is 1.41 bits per heavy atom. The quantitative estimate of drug-likeness (QED) is 0.633. The van der Waals surface area contributed by atoms with E-state index in [9.17, 15) is 9.59 Å². The number of hydrogen-bond donors (Lipinski definition) is 1. The summed E-state index contributed by atoms with van der Waals surface area (Å²) in [6, 6.07) is 3.27. The molecule has 1 saturated heterocycles. The molecule has 5 nitrogen and oxygen atoms in total. The largest absolute Gasteiger partial charge is 0.478 e. The van der Waals surface area contributed by atoms with E-state index in [1.807, 2.05) is 0 Å². The van der Waals surface area contributed by atoms with Gasteiger partial charge in [-0.25, -0.2) is 4.79 Å². The molecule has 0 spiro atoms. The summed E-state index contributed by atoms with van der Waals surface area (Å²) in [5.74, 6) is -0.606. The number of hydrogen-bond acceptors (Lipinski definition) is 4. The standard InChI is InChI=1S/C5H4O2.C4H8O.C3H4O2/c6-4-5-2-1-3-7-5;1-2-4-5-3-1;1-2-3(4)5/h1-4H;1-4H2;2H,1H2,(H,4,5). The number of ether oxygens (including phenoxy) is 1. The van der Waals surface area contributed by atoms with Crippen LogP contribution in [-0.4, -0.2) is 30.6 Å². The Hall–Kier alpha value is -1.88. The summed E-state index contributed by atoms with van der Waals surface area (Å²) in [4.78, 5) is 19.0. The van der Waals surface area contributed by atoms with Crippen molar-refractivity contribution in [1.29, 1.82) is 0 Å². The fraction of sp³-hybridized carbons (Fsp3) is 0.333. The van der Waals surface area contributed by atoms with Crippen molar-refractivity contribution < 1.29 is 23.8 Å². The van der Waals surface area contributed by atoms with Gasteiger partial charge < -0.3 is 14.3 Å². The summed E-state index contributed by atoms with van der Waals surface area (Å²) in [5, 5.41) is 7.60. The van der Waals surface area contributed by atoms with E-state index in [-0.39, 0.29) is 0 Å². The molecule has 0 saturated carbocycles. The van der Waals surface area contributed by atoms with Gasteiger partial charge in [0.25, 0.3) is 0 Å². The zero-order valence-electron chi connectivity index (χ0n) is 9.50. The maximum atomic E-state index is 9.77. The van der Waals surface area contributed by atoms with Crippen LogP contribution in [0.1, 0.15) is 23.4 Å². The summed E-state index contributed by atoms with van der Waals surface area (Å²) in [6.07, 6.45) is 5.52. The molecule has 0 atom stereocenters. The lowest BCUT2D eigenvalue weighted by Crippen LogP contribution is -1.82. The smallest absolute Gasteiger partial charge is 0.327 e. The predicted octanol–water partition coefficient (Wildman–Crippen LogP) is 2.15. The van der Waals surface area contributed by atoms with Crippen molar-refractivity contribution >= 4 is 12.3 Å². The van der Waals surface area contributed by atoms with Crippen LogP contribution in [0.4, 0.5) is 0 Å². The molecular weight excluding hydrogens is 224 g/mol. The van der Waals surface area contributed by atoms with E-state index in [0.717, 1.165) is 19.3 Å². The Balaban J connectivity index is 0.000000232. The van der Waals surface area contributed by atoms with Crippen molar-refractivity contribution in [2.45, 2.75) is 12.8 Å². The lowest BCUT2D eigenvalue weighted by atomic mass is 10.4. The maximum absolute atomic E-state index is 9.77. The van der Waals surface area contributed by atoms with Gasteiger partial charge >= 0.3 is 5.97 Å². The second kappa shape index (κ2) is 10.6. The van der Waals surface area contributed by atoms with Crippen molar-refractivity contribution in [3.8, 4) is 0 Å². The Morgan fingerprint density at radius 2 is 2.00 bits per heavy atom. The van der Waals surface area contributed by atoms with Crippen molar-refractivity contribution in [3.63, 3.8) is 0 Å². The predicted molar refractivity (Wildman–Crippen MR) is 62.0 cm³/mol. The molecule has 2 heterocycles. The van der Waals surface area contributed by atoms with E-state index in [2.05, 4.69) is 11.0 Å². The van der Waals surface area contributed by atoms with Gasteiger partial charge in [0.05, 0.1) is 6.26 Å². The van der Waals surface area contributed by atoms with Gasteiger partial charge in [0, 0.05) is 19.3 Å². The molecule has 2 rings (SSSR count). The molecule has 0 unspecified atom stereocenters. The van der Waals surface area contributed by atoms with E-state index in [0.29, 0.717) is 12.0 Å². The molecule has 1 aliphatic rings. The van der Waals surface area contributed by atoms with Crippen molar-refractivity contribution in [2.24, 2.45) is 0 Å². The first-order valence-corrected chi connectivity index (χ1v) is 5.12. The fourth-order valence-electron chi connectivity index (χ4n) is 0.869. The lowest BCUT2D eigenvalue weighted by Gasteiger charge is -1.76. The fourth-order valence-corrected chi connectivity index (χ4v) is 0.869. The van der Waals surface area contributed by atoms with Crippen LogP contribution in [0.2, 0.25) is 0 Å². The molecule has 5 heteroatoms. The van der Waals surface area contributed by atoms with E-state index in [1.54, 1.807) is 12.1 Å². The molecule has 1 aliphatic heterocycles. The number of carbonyl (C=O) groups excluding carboxylic acids is 1. The van der Waals surface area contributed by atoms with Gasteiger partial charge in [0.2, 0.25) is 0 Å². The average molecular weight is 240 g/mol. The van der Waals surface area contributed by atoms with E-state index < -0.39 is 5.97 Å². The number of aliphatic carboxylic acids is 1. The highest BCUT2D eigenvalue weighted by Gasteiger charge is 1.94. The van der Waals surface area contributed by atoms with Gasteiger partial charge in [0.15, 0.2) is 12.0 Å². The summed E-state index contributed by atoms with van der Waals surface area (Å²) in [5.41, 5.74) is 0. The Morgan fingerprint density at radius 3 is 2.18 bits per heavy atom. The van der Waals surface area contributed by atoms with Crippen LogP contribution in [0, 0.1) is 0 Å². The molecule has 0 radical (unpaired) electrons. The van der Waals surface area contributed by atoms with Gasteiger partial charge in [-0.1, -0.05) is 6.58 Å². The zero-order chi connectivity index (χ0) is 12.9. The highest BCUT2D eigenvalue weighted by molar-refractivity contribution is 5.78. The van der Waals surface area contributed by atoms with Gasteiger partial charge in [-0.2, -0.15) is 0 Å². The molecule has 1 aromatic heterocycles. The minimum absolute atomic E-state index is 0.375. The number of furan rings is 1. The number of aldehydes is 1. The molecule has 1 fully saturated rings. The first-order chi connectivity index (χ1) is 8.20. The summed E-state index contributed by atoms with van der Waals surface area (Å²) >= 11 is 0. The van der Waals surface area contributed by atoms with Crippen LogP contribution in [0.3, 0.4) is 0 Å². The number of rotatable bonds is 2. The number of carboxylic acids is 1. The molecule has 17 heavy (non-hydrogen) atoms. The number of carbonyl (C=O) groups is 2. The van der Waals surface area contributed by atoms with Gasteiger partial charge in [-0.05, 0) is 25.0 Å². The molecule has 0 amide bonds. The van der Waals surface area contributed by atoms with Crippen LogP contribution in [0.5, 0.6) is 0 Å². The van der Waals surface area contributed by atoms with Gasteiger partial charge in [0.1, 0.15) is 0 Å². The number of carboxylic acid groups (broad SMARTS) is 1. The van der Waals surface area contributed by atoms with Gasteiger partial charge in [-0.3, -0.25) is 4.79 Å². The Bertz CT molecular complexity index is 304. The third-order valence-corrected chi connectivity index (χ3v) is 1.66. The highest BCUT2D eigenvalue weighted by Crippen LogP contribution is 1.98. The van der Waals surface area contributed by atoms with Crippen molar-refractivity contribution in [1.82, 2.24) is 0 Å². The van der Waals surface area contributed by atoms with Gasteiger partial charge in [-0.15, -0.1) is 0 Å². The lowest BCUT2D eigenvalue weighted by molar-refractivity contribution is -0.131. The SMILES string of the molecule is C1CCOC1.C=CC(=O)O.O=Cc1ccco1. The Labute approximate surface area is 99.7 Å². The van der Waals surface area contributed by atoms with Crippen molar-refractivity contribution in [2.75, 3.05) is 13.2 Å². The van der Waals surface area contributed by atoms with Crippen LogP contribution in [-0.2, 0) is 9.53 Å². The zero-order valence-corrected chi connectivity index (χ0v) is 9.50. The van der Waals surface area contributed by atoms with E-state index >= 15 is 0 Å². The highest BCUT2D eigenvalue weighted by atomic mass is 16.5. The molecule has 0 aliphatic carbocycles. The third kappa shape index (κ3) is 10.4. The first kappa shape index (κ1) is 15.1. The van der Waals surface area contributed by atoms with Crippen molar-refractivity contribution in [3.05, 3.63) is 36.8 Å². The van der Waals surface area contributed by atoms with E-state index in [4.69, 9.17) is 9.84 Å². The second-order valence-electron chi connectivity index (χ2n) is 3.00. The topological polar surface area (TPSA) is 76.7 Å². The maximum Gasteiger partial charge on any atom is 0.327 e. The summed E-state index contributed by atoms with van der Waals surface area (Å²) in [6.45, 7) is 4.96. The molecule has 1 aromatic rings. The minimum Gasteiger partial charge on any atom is -0.478 e. The van der Waals surface area contributed by atoms with Crippen LogP contribution >= 0.6 is 0 Å². The summed E-state index contributed by atoms with van der Waals surface area (Å²) in [7, 11) is 0.